The van der Waals surface area contributed by atoms with E-state index in [4.69, 9.17) is 23.7 Å². The van der Waals surface area contributed by atoms with Gasteiger partial charge in [-0.15, -0.1) is 0 Å². The Hall–Kier alpha value is -3.69. The van der Waals surface area contributed by atoms with Gasteiger partial charge in [-0.2, -0.15) is 0 Å². The van der Waals surface area contributed by atoms with Gasteiger partial charge in [-0.3, -0.25) is 19.2 Å². The lowest BCUT2D eigenvalue weighted by Crippen LogP contribution is -2.55. The minimum Gasteiger partial charge on any atom is -0.457 e. The maximum absolute atomic E-state index is 12.3. The zero-order chi connectivity index (χ0) is 23.8. The van der Waals surface area contributed by atoms with Gasteiger partial charge in [0.2, 0.25) is 0 Å². The van der Waals surface area contributed by atoms with E-state index >= 15 is 0 Å². The maximum Gasteiger partial charge on any atom is 0.338 e. The van der Waals surface area contributed by atoms with Crippen molar-refractivity contribution in [1.29, 1.82) is 0 Å². The molecule has 1 aliphatic rings. The molecule has 0 fully saturated rings. The molecule has 0 aliphatic heterocycles. The molecule has 1 aromatic carbocycles. The molecule has 0 unspecified atom stereocenters. The summed E-state index contributed by atoms with van der Waals surface area (Å²) in [5, 5.41) is 0. The van der Waals surface area contributed by atoms with Crippen molar-refractivity contribution in [2.45, 2.75) is 52.1 Å². The van der Waals surface area contributed by atoms with Crippen LogP contribution >= 0.6 is 0 Å². The first-order valence-electron chi connectivity index (χ1n) is 9.70. The van der Waals surface area contributed by atoms with Gasteiger partial charge in [0.15, 0.2) is 24.4 Å². The van der Waals surface area contributed by atoms with Crippen molar-refractivity contribution in [2.24, 2.45) is 0 Å². The fourth-order valence-electron chi connectivity index (χ4n) is 3.17. The summed E-state index contributed by atoms with van der Waals surface area (Å²) < 4.78 is 26.4. The lowest BCUT2D eigenvalue weighted by molar-refractivity contribution is -0.195. The van der Waals surface area contributed by atoms with Gasteiger partial charge in [0.25, 0.3) is 0 Å². The monoisotopic (exact) mass is 448 g/mol. The lowest BCUT2D eigenvalue weighted by atomic mass is 9.89. The number of hydrogen-bond donors (Lipinski definition) is 0. The van der Waals surface area contributed by atoms with Crippen LogP contribution < -0.4 is 0 Å². The average molecular weight is 448 g/mol. The van der Waals surface area contributed by atoms with Gasteiger partial charge in [-0.05, 0) is 18.2 Å². The van der Waals surface area contributed by atoms with E-state index in [9.17, 15) is 24.0 Å². The van der Waals surface area contributed by atoms with Gasteiger partial charge in [-0.25, -0.2) is 4.79 Å². The van der Waals surface area contributed by atoms with Crippen LogP contribution in [0.2, 0.25) is 0 Å². The molecule has 10 nitrogen and oxygen atoms in total. The number of rotatable bonds is 7. The van der Waals surface area contributed by atoms with Gasteiger partial charge in [0, 0.05) is 33.3 Å². The highest BCUT2D eigenvalue weighted by molar-refractivity contribution is 5.89. The summed E-state index contributed by atoms with van der Waals surface area (Å²) in [4.78, 5) is 59.1. The zero-order valence-corrected chi connectivity index (χ0v) is 18.1. The number of esters is 5. The van der Waals surface area contributed by atoms with E-state index in [1.807, 2.05) is 0 Å². The molecule has 0 radical (unpaired) electrons. The van der Waals surface area contributed by atoms with Gasteiger partial charge in [0.05, 0.1) is 5.56 Å². The second kappa shape index (κ2) is 11.1. The normalized spacial score (nSPS) is 22.1. The van der Waals surface area contributed by atoms with Crippen molar-refractivity contribution in [2.75, 3.05) is 6.61 Å². The van der Waals surface area contributed by atoms with E-state index in [1.165, 1.54) is 6.08 Å². The topological polar surface area (TPSA) is 132 Å². The van der Waals surface area contributed by atoms with Crippen LogP contribution in [0.5, 0.6) is 0 Å². The van der Waals surface area contributed by atoms with Crippen LogP contribution in [0.15, 0.2) is 42.0 Å². The Morgan fingerprint density at radius 2 is 1.25 bits per heavy atom. The third-order valence-corrected chi connectivity index (χ3v) is 4.27. The second-order valence-corrected chi connectivity index (χ2v) is 6.94. The van der Waals surface area contributed by atoms with Crippen LogP contribution in [0.3, 0.4) is 0 Å². The highest BCUT2D eigenvalue weighted by Gasteiger charge is 2.48. The number of carbonyl (C=O) groups excluding carboxylic acids is 5. The Morgan fingerprint density at radius 3 is 1.78 bits per heavy atom. The van der Waals surface area contributed by atoms with Gasteiger partial charge in [-0.1, -0.05) is 18.2 Å². The summed E-state index contributed by atoms with van der Waals surface area (Å²) in [6.07, 6.45) is -3.73. The molecule has 0 bridgehead atoms. The van der Waals surface area contributed by atoms with Crippen molar-refractivity contribution >= 4 is 29.8 Å². The van der Waals surface area contributed by atoms with E-state index < -0.39 is 54.3 Å². The number of ether oxygens (including phenoxy) is 5. The highest BCUT2D eigenvalue weighted by Crippen LogP contribution is 2.30. The van der Waals surface area contributed by atoms with E-state index in [2.05, 4.69) is 0 Å². The van der Waals surface area contributed by atoms with Gasteiger partial charge in [0.1, 0.15) is 6.61 Å². The SMILES string of the molecule is CC(=O)O[C@@H]1[C@H](OC(C)=O)[C@@H](OC(C)=O)C(COC(=O)c2ccccc2)=C[C@H]1OC(C)=O. The molecule has 1 aromatic rings. The third kappa shape index (κ3) is 6.93. The van der Waals surface area contributed by atoms with Crippen LogP contribution in [-0.4, -0.2) is 60.9 Å². The van der Waals surface area contributed by atoms with Crippen molar-refractivity contribution in [3.05, 3.63) is 47.5 Å². The summed E-state index contributed by atoms with van der Waals surface area (Å²) in [6, 6.07) is 8.17. The van der Waals surface area contributed by atoms with Crippen LogP contribution in [0, 0.1) is 0 Å². The molecule has 4 atom stereocenters. The zero-order valence-electron chi connectivity index (χ0n) is 18.1. The molecular formula is C22H24O10. The smallest absolute Gasteiger partial charge is 0.338 e. The van der Waals surface area contributed by atoms with Crippen molar-refractivity contribution in [3.63, 3.8) is 0 Å². The molecule has 2 rings (SSSR count). The minimum atomic E-state index is -1.35. The Bertz CT molecular complexity index is 905. The van der Waals surface area contributed by atoms with E-state index in [1.54, 1.807) is 30.3 Å². The van der Waals surface area contributed by atoms with Gasteiger partial charge >= 0.3 is 29.8 Å². The predicted molar refractivity (Wildman–Crippen MR) is 107 cm³/mol. The number of benzene rings is 1. The van der Waals surface area contributed by atoms with E-state index in [0.717, 1.165) is 27.7 Å². The summed E-state index contributed by atoms with van der Waals surface area (Å²) in [5.74, 6) is -3.56. The maximum atomic E-state index is 12.3. The second-order valence-electron chi connectivity index (χ2n) is 6.94. The van der Waals surface area contributed by atoms with Crippen LogP contribution in [0.4, 0.5) is 0 Å². The van der Waals surface area contributed by atoms with E-state index in [-0.39, 0.29) is 12.2 Å². The summed E-state index contributed by atoms with van der Waals surface area (Å²) >= 11 is 0. The van der Waals surface area contributed by atoms with Crippen LogP contribution in [0.25, 0.3) is 0 Å². The van der Waals surface area contributed by atoms with Crippen molar-refractivity contribution in [1.82, 2.24) is 0 Å². The molecule has 0 aromatic heterocycles. The molecule has 0 saturated carbocycles. The van der Waals surface area contributed by atoms with Crippen LogP contribution in [-0.2, 0) is 42.9 Å². The fourth-order valence-corrected chi connectivity index (χ4v) is 3.17. The fraction of sp³-hybridized carbons (Fsp3) is 0.409. The summed E-state index contributed by atoms with van der Waals surface area (Å²) in [7, 11) is 0. The minimum absolute atomic E-state index is 0.186. The molecule has 0 N–H and O–H groups in total. The number of carbonyl (C=O) groups is 5. The third-order valence-electron chi connectivity index (χ3n) is 4.27. The van der Waals surface area contributed by atoms with Crippen molar-refractivity contribution < 1.29 is 47.7 Å². The number of hydrogen-bond acceptors (Lipinski definition) is 10. The van der Waals surface area contributed by atoms with Crippen LogP contribution in [0.1, 0.15) is 38.1 Å². The standard InChI is InChI=1S/C22H24O10/c1-12(23)29-18-10-17(11-28-22(27)16-8-6-5-7-9-16)19(30-13(2)24)21(32-15(4)26)20(18)31-14(3)25/h5-10,18-21H,11H2,1-4H3/t18-,19+,20+,21-/m1/s1. The molecule has 10 heteroatoms. The quantitative estimate of drug-likeness (QED) is 0.343. The molecule has 1 aliphatic carbocycles. The first-order chi connectivity index (χ1) is 15.1. The Morgan fingerprint density at radius 1 is 0.719 bits per heavy atom. The van der Waals surface area contributed by atoms with Gasteiger partial charge < -0.3 is 23.7 Å². The molecular weight excluding hydrogens is 424 g/mol. The lowest BCUT2D eigenvalue weighted by Gasteiger charge is -2.39. The molecule has 172 valence electrons. The van der Waals surface area contributed by atoms with Crippen molar-refractivity contribution in [3.8, 4) is 0 Å². The molecule has 32 heavy (non-hydrogen) atoms. The Balaban J connectivity index is 2.42. The Labute approximate surface area is 184 Å². The highest BCUT2D eigenvalue weighted by atomic mass is 16.6. The largest absolute Gasteiger partial charge is 0.457 e. The first kappa shape index (κ1) is 24.6. The Kier molecular flexibility index (Phi) is 8.51. The summed E-state index contributed by atoms with van der Waals surface area (Å²) in [5.41, 5.74) is 0.476. The average Bonchev–Trinajstić information content (AvgIpc) is 2.70. The molecule has 0 amide bonds. The molecule has 0 saturated heterocycles. The summed E-state index contributed by atoms with van der Waals surface area (Å²) in [6.45, 7) is 4.15. The molecule has 0 spiro atoms. The molecule has 0 heterocycles. The van der Waals surface area contributed by atoms with E-state index in [0.29, 0.717) is 5.56 Å². The first-order valence-corrected chi connectivity index (χ1v) is 9.70. The predicted octanol–water partition coefficient (Wildman–Crippen LogP) is 1.51.